The number of rotatable bonds is 6. The van der Waals surface area contributed by atoms with Crippen LogP contribution in [-0.2, 0) is 4.79 Å². The summed E-state index contributed by atoms with van der Waals surface area (Å²) in [5.74, 6) is 3.26. The first kappa shape index (κ1) is 24.8. The van der Waals surface area contributed by atoms with Gasteiger partial charge in [0.25, 0.3) is 0 Å². The predicted molar refractivity (Wildman–Crippen MR) is 141 cm³/mol. The molecule has 1 aliphatic carbocycles. The van der Waals surface area contributed by atoms with Gasteiger partial charge in [-0.15, -0.1) is 12.4 Å². The van der Waals surface area contributed by atoms with E-state index in [9.17, 15) is 4.79 Å². The van der Waals surface area contributed by atoms with E-state index >= 15 is 0 Å². The lowest BCUT2D eigenvalue weighted by molar-refractivity contribution is -0.122. The van der Waals surface area contributed by atoms with Gasteiger partial charge in [0.15, 0.2) is 0 Å². The molecule has 3 aromatic rings. The molecule has 2 aliphatic rings. The van der Waals surface area contributed by atoms with Crippen molar-refractivity contribution in [1.82, 2.24) is 15.3 Å². The largest absolute Gasteiger partial charge is 0.457 e. The van der Waals surface area contributed by atoms with Gasteiger partial charge in [-0.1, -0.05) is 36.4 Å². The van der Waals surface area contributed by atoms with E-state index in [0.29, 0.717) is 24.5 Å². The Morgan fingerprint density at radius 3 is 2.23 bits per heavy atom. The molecule has 2 heterocycles. The average Bonchev–Trinajstić information content (AvgIpc) is 2.87. The maximum absolute atomic E-state index is 13.4. The second-order valence-corrected chi connectivity index (χ2v) is 9.35. The van der Waals surface area contributed by atoms with Gasteiger partial charge >= 0.3 is 0 Å². The van der Waals surface area contributed by atoms with Crippen LogP contribution in [0.25, 0.3) is 0 Å². The van der Waals surface area contributed by atoms with E-state index in [0.717, 1.165) is 54.1 Å². The lowest BCUT2D eigenvalue weighted by atomic mass is 9.85. The summed E-state index contributed by atoms with van der Waals surface area (Å²) < 4.78 is 6.03. The number of halogens is 1. The van der Waals surface area contributed by atoms with E-state index in [-0.39, 0.29) is 24.2 Å². The number of amides is 1. The SMILES string of the molecule is CN(C)c1ccnc(NC2CCC(CNC(=O)C3c4ccccc4Oc4ccccc43)CC2)n1.Cl. The van der Waals surface area contributed by atoms with Crippen molar-refractivity contribution in [2.75, 3.05) is 30.9 Å². The summed E-state index contributed by atoms with van der Waals surface area (Å²) in [5, 5.41) is 6.73. The second kappa shape index (κ2) is 11.0. The van der Waals surface area contributed by atoms with Crippen LogP contribution >= 0.6 is 12.4 Å². The van der Waals surface area contributed by atoms with Crippen LogP contribution in [0.4, 0.5) is 11.8 Å². The van der Waals surface area contributed by atoms with E-state index in [2.05, 4.69) is 20.6 Å². The van der Waals surface area contributed by atoms with E-state index in [4.69, 9.17) is 4.74 Å². The Balaban J connectivity index is 0.00000289. The minimum absolute atomic E-state index is 0. The number of ether oxygens (including phenoxy) is 1. The van der Waals surface area contributed by atoms with Gasteiger partial charge in [-0.2, -0.15) is 4.98 Å². The monoisotopic (exact) mass is 493 g/mol. The van der Waals surface area contributed by atoms with Crippen molar-refractivity contribution in [3.63, 3.8) is 0 Å². The van der Waals surface area contributed by atoms with Crippen LogP contribution < -0.4 is 20.3 Å². The Kier molecular flexibility index (Phi) is 7.76. The molecule has 5 rings (SSSR count). The molecule has 0 radical (unpaired) electrons. The zero-order valence-corrected chi connectivity index (χ0v) is 20.9. The van der Waals surface area contributed by atoms with Crippen LogP contribution in [-0.4, -0.2) is 42.6 Å². The summed E-state index contributed by atoms with van der Waals surface area (Å²) in [6.07, 6.45) is 6.00. The molecular formula is C27H32ClN5O2. The van der Waals surface area contributed by atoms with Crippen LogP contribution in [0.5, 0.6) is 11.5 Å². The summed E-state index contributed by atoms with van der Waals surface area (Å²) >= 11 is 0. The first-order chi connectivity index (χ1) is 16.6. The van der Waals surface area contributed by atoms with E-state index in [1.54, 1.807) is 6.20 Å². The summed E-state index contributed by atoms with van der Waals surface area (Å²) in [7, 11) is 3.95. The fourth-order valence-corrected chi connectivity index (χ4v) is 4.90. The number of hydrogen-bond donors (Lipinski definition) is 2. The molecule has 1 aliphatic heterocycles. The second-order valence-electron chi connectivity index (χ2n) is 9.35. The van der Waals surface area contributed by atoms with E-state index < -0.39 is 0 Å². The van der Waals surface area contributed by atoms with Gasteiger partial charge in [-0.3, -0.25) is 4.79 Å². The van der Waals surface area contributed by atoms with Crippen molar-refractivity contribution in [3.05, 3.63) is 71.9 Å². The summed E-state index contributed by atoms with van der Waals surface area (Å²) in [5.41, 5.74) is 1.85. The maximum Gasteiger partial charge on any atom is 0.232 e. The Bertz CT molecular complexity index is 1120. The summed E-state index contributed by atoms with van der Waals surface area (Å²) in [6, 6.07) is 17.9. The first-order valence-electron chi connectivity index (χ1n) is 12.0. The zero-order valence-electron chi connectivity index (χ0n) is 20.1. The highest BCUT2D eigenvalue weighted by Gasteiger charge is 2.33. The van der Waals surface area contributed by atoms with Crippen molar-refractivity contribution < 1.29 is 9.53 Å². The summed E-state index contributed by atoms with van der Waals surface area (Å²) in [4.78, 5) is 24.3. The quantitative estimate of drug-likeness (QED) is 0.503. The van der Waals surface area contributed by atoms with Crippen LogP contribution in [0.3, 0.4) is 0 Å². The van der Waals surface area contributed by atoms with Crippen LogP contribution in [0, 0.1) is 5.92 Å². The average molecular weight is 494 g/mol. The highest BCUT2D eigenvalue weighted by molar-refractivity contribution is 5.89. The van der Waals surface area contributed by atoms with Crippen LogP contribution in [0.15, 0.2) is 60.8 Å². The topological polar surface area (TPSA) is 79.4 Å². The number of fused-ring (bicyclic) bond motifs is 2. The highest BCUT2D eigenvalue weighted by Crippen LogP contribution is 2.44. The zero-order chi connectivity index (χ0) is 23.5. The van der Waals surface area contributed by atoms with Crippen molar-refractivity contribution in [1.29, 1.82) is 0 Å². The number of carbonyl (C=O) groups excluding carboxylic acids is 1. The predicted octanol–water partition coefficient (Wildman–Crippen LogP) is 4.99. The van der Waals surface area contributed by atoms with Gasteiger partial charge in [-0.05, 0) is 49.8 Å². The fourth-order valence-electron chi connectivity index (χ4n) is 4.90. The van der Waals surface area contributed by atoms with Gasteiger partial charge in [0.2, 0.25) is 11.9 Å². The van der Waals surface area contributed by atoms with Gasteiger partial charge in [-0.25, -0.2) is 4.98 Å². The third-order valence-electron chi connectivity index (χ3n) is 6.79. The van der Waals surface area contributed by atoms with Gasteiger partial charge in [0.1, 0.15) is 17.3 Å². The maximum atomic E-state index is 13.4. The molecule has 1 saturated carbocycles. The first-order valence-corrected chi connectivity index (χ1v) is 12.0. The lowest BCUT2D eigenvalue weighted by Crippen LogP contribution is -2.37. The molecule has 0 atom stereocenters. The molecule has 1 fully saturated rings. The van der Waals surface area contributed by atoms with Gasteiger partial charge in [0, 0.05) is 44.0 Å². The third kappa shape index (κ3) is 5.51. The fraction of sp³-hybridized carbons (Fsp3) is 0.370. The normalized spacial score (nSPS) is 18.8. The smallest absolute Gasteiger partial charge is 0.232 e. The molecule has 0 spiro atoms. The Morgan fingerprint density at radius 2 is 1.60 bits per heavy atom. The van der Waals surface area contributed by atoms with E-state index in [1.165, 1.54) is 0 Å². The molecule has 1 aromatic heterocycles. The number of anilines is 2. The third-order valence-corrected chi connectivity index (χ3v) is 6.79. The van der Waals surface area contributed by atoms with Crippen LogP contribution in [0.2, 0.25) is 0 Å². The Hall–Kier alpha value is -3.32. The molecule has 0 bridgehead atoms. The number of carbonyl (C=O) groups is 1. The van der Waals surface area contributed by atoms with Crippen LogP contribution in [0.1, 0.15) is 42.7 Å². The molecule has 2 N–H and O–H groups in total. The number of nitrogens with zero attached hydrogens (tertiary/aromatic N) is 3. The number of hydrogen-bond acceptors (Lipinski definition) is 6. The van der Waals surface area contributed by atoms with Gasteiger partial charge in [0.05, 0.1) is 5.92 Å². The minimum Gasteiger partial charge on any atom is -0.457 e. The molecule has 7 nitrogen and oxygen atoms in total. The molecule has 0 unspecified atom stereocenters. The van der Waals surface area contributed by atoms with Crippen molar-refractivity contribution in [2.45, 2.75) is 37.6 Å². The number of aromatic nitrogens is 2. The van der Waals surface area contributed by atoms with Crippen molar-refractivity contribution >= 4 is 30.1 Å². The van der Waals surface area contributed by atoms with E-state index in [1.807, 2.05) is 73.6 Å². The molecule has 184 valence electrons. The van der Waals surface area contributed by atoms with Crippen molar-refractivity contribution in [2.24, 2.45) is 5.92 Å². The number of para-hydroxylation sites is 2. The minimum atomic E-state index is -0.347. The molecule has 1 amide bonds. The summed E-state index contributed by atoms with van der Waals surface area (Å²) in [6.45, 7) is 0.694. The van der Waals surface area contributed by atoms with Gasteiger partial charge < -0.3 is 20.3 Å². The number of nitrogens with one attached hydrogen (secondary N) is 2. The molecule has 35 heavy (non-hydrogen) atoms. The van der Waals surface area contributed by atoms with Crippen molar-refractivity contribution in [3.8, 4) is 11.5 Å². The number of benzene rings is 2. The molecule has 0 saturated heterocycles. The Morgan fingerprint density at radius 1 is 0.971 bits per heavy atom. The molecule has 2 aromatic carbocycles. The highest BCUT2D eigenvalue weighted by atomic mass is 35.5. The Labute approximate surface area is 212 Å². The lowest BCUT2D eigenvalue weighted by Gasteiger charge is -2.31. The standard InChI is InChI=1S/C27H31N5O2.ClH/c1-32(2)24-15-16-28-27(31-24)30-19-13-11-18(12-14-19)17-29-26(33)25-20-7-3-5-9-22(20)34-23-10-6-4-8-21(23)25;/h3-10,15-16,18-19,25H,11-14,17H2,1-2H3,(H,29,33)(H,28,30,31);1H. The molecule has 8 heteroatoms. The molecular weight excluding hydrogens is 462 g/mol.